The number of fused-ring (bicyclic) bond motifs is 1. The minimum Gasteiger partial charge on any atom is -0.494 e. The van der Waals surface area contributed by atoms with Gasteiger partial charge in [0, 0.05) is 6.54 Å². The van der Waals surface area contributed by atoms with Gasteiger partial charge in [0.2, 0.25) is 0 Å². The molecular formula is C27H30N2O2. The number of unbranched alkanes of at least 4 members (excludes halogenated alkanes) is 1. The summed E-state index contributed by atoms with van der Waals surface area (Å²) in [5, 5.41) is 0. The second-order valence-corrected chi connectivity index (χ2v) is 8.10. The Morgan fingerprint density at radius 3 is 2.35 bits per heavy atom. The van der Waals surface area contributed by atoms with Crippen LogP contribution in [-0.2, 0) is 13.2 Å². The summed E-state index contributed by atoms with van der Waals surface area (Å²) in [5.41, 5.74) is 5.77. The van der Waals surface area contributed by atoms with Gasteiger partial charge in [-0.15, -0.1) is 0 Å². The lowest BCUT2D eigenvalue weighted by atomic mass is 10.1. The van der Waals surface area contributed by atoms with Gasteiger partial charge in [-0.2, -0.15) is 0 Å². The first-order chi connectivity index (χ1) is 15.1. The first-order valence-corrected chi connectivity index (χ1v) is 10.9. The molecule has 0 fully saturated rings. The van der Waals surface area contributed by atoms with E-state index >= 15 is 0 Å². The van der Waals surface area contributed by atoms with Crippen molar-refractivity contribution in [3.05, 3.63) is 89.2 Å². The van der Waals surface area contributed by atoms with Gasteiger partial charge in [-0.25, -0.2) is 4.98 Å². The zero-order chi connectivity index (χ0) is 21.6. The summed E-state index contributed by atoms with van der Waals surface area (Å²) in [7, 11) is 0. The first-order valence-electron chi connectivity index (χ1n) is 10.9. The fraction of sp³-hybridized carbons (Fsp3) is 0.296. The number of nitrogens with zero attached hydrogens (tertiary/aromatic N) is 2. The predicted molar refractivity (Wildman–Crippen MR) is 126 cm³/mol. The highest BCUT2D eigenvalue weighted by atomic mass is 16.5. The Kier molecular flexibility index (Phi) is 6.56. The molecule has 31 heavy (non-hydrogen) atoms. The van der Waals surface area contributed by atoms with E-state index < -0.39 is 0 Å². The van der Waals surface area contributed by atoms with Gasteiger partial charge in [0.15, 0.2) is 0 Å². The Balaban J connectivity index is 1.39. The minimum absolute atomic E-state index is 0.457. The topological polar surface area (TPSA) is 36.3 Å². The van der Waals surface area contributed by atoms with Crippen LogP contribution < -0.4 is 9.47 Å². The molecule has 160 valence electrons. The van der Waals surface area contributed by atoms with Gasteiger partial charge in [-0.05, 0) is 80.6 Å². The normalized spacial score (nSPS) is 11.1. The van der Waals surface area contributed by atoms with E-state index in [4.69, 9.17) is 14.5 Å². The van der Waals surface area contributed by atoms with E-state index in [1.165, 1.54) is 11.1 Å². The molecule has 0 aliphatic heterocycles. The predicted octanol–water partition coefficient (Wildman–Crippen LogP) is 6.40. The van der Waals surface area contributed by atoms with E-state index in [0.717, 1.165) is 53.3 Å². The average Bonchev–Trinajstić information content (AvgIpc) is 3.10. The molecule has 3 aromatic carbocycles. The fourth-order valence-corrected chi connectivity index (χ4v) is 3.92. The second-order valence-electron chi connectivity index (χ2n) is 8.10. The van der Waals surface area contributed by atoms with Crippen molar-refractivity contribution >= 4 is 11.0 Å². The molecular weight excluding hydrogens is 384 g/mol. The summed E-state index contributed by atoms with van der Waals surface area (Å²) >= 11 is 0. The van der Waals surface area contributed by atoms with E-state index in [9.17, 15) is 0 Å². The molecule has 0 saturated carbocycles. The number of aromatic nitrogens is 2. The minimum atomic E-state index is 0.457. The summed E-state index contributed by atoms with van der Waals surface area (Å²) in [6, 6.07) is 22.7. The van der Waals surface area contributed by atoms with Gasteiger partial charge < -0.3 is 14.0 Å². The van der Waals surface area contributed by atoms with Gasteiger partial charge >= 0.3 is 0 Å². The summed E-state index contributed by atoms with van der Waals surface area (Å²) in [6.07, 6.45) is 2.00. The number of hydrogen-bond acceptors (Lipinski definition) is 3. The Bertz CT molecular complexity index is 1140. The quantitative estimate of drug-likeness (QED) is 0.297. The molecule has 4 rings (SSSR count). The largest absolute Gasteiger partial charge is 0.494 e. The van der Waals surface area contributed by atoms with Crippen LogP contribution in [0.4, 0.5) is 0 Å². The molecule has 0 amide bonds. The third-order valence-electron chi connectivity index (χ3n) is 5.42. The third-order valence-corrected chi connectivity index (χ3v) is 5.42. The van der Waals surface area contributed by atoms with Crippen molar-refractivity contribution in [2.45, 2.75) is 46.8 Å². The molecule has 0 aliphatic rings. The van der Waals surface area contributed by atoms with Crippen LogP contribution in [0.25, 0.3) is 11.0 Å². The molecule has 0 aliphatic carbocycles. The molecule has 0 spiro atoms. The number of imidazole rings is 1. The summed E-state index contributed by atoms with van der Waals surface area (Å²) in [4.78, 5) is 4.83. The van der Waals surface area contributed by atoms with Crippen LogP contribution in [-0.4, -0.2) is 16.2 Å². The van der Waals surface area contributed by atoms with E-state index in [1.54, 1.807) is 0 Å². The lowest BCUT2D eigenvalue weighted by molar-refractivity contribution is 0.283. The lowest BCUT2D eigenvalue weighted by Gasteiger charge is -2.12. The molecule has 0 radical (unpaired) electrons. The van der Waals surface area contributed by atoms with E-state index in [1.807, 2.05) is 24.3 Å². The zero-order valence-electron chi connectivity index (χ0n) is 18.6. The average molecular weight is 415 g/mol. The van der Waals surface area contributed by atoms with Crippen molar-refractivity contribution in [2.75, 3.05) is 6.61 Å². The van der Waals surface area contributed by atoms with Crippen LogP contribution in [0, 0.1) is 20.8 Å². The van der Waals surface area contributed by atoms with E-state index in [-0.39, 0.29) is 0 Å². The van der Waals surface area contributed by atoms with Crippen molar-refractivity contribution in [1.29, 1.82) is 0 Å². The molecule has 4 nitrogen and oxygen atoms in total. The second kappa shape index (κ2) is 9.69. The Hall–Kier alpha value is -3.27. The molecule has 0 N–H and O–H groups in total. The van der Waals surface area contributed by atoms with Crippen LogP contribution in [0.1, 0.15) is 35.4 Å². The Morgan fingerprint density at radius 2 is 1.55 bits per heavy atom. The number of aryl methyl sites for hydroxylation is 4. The molecule has 4 heteroatoms. The lowest BCUT2D eigenvalue weighted by Crippen LogP contribution is -2.09. The van der Waals surface area contributed by atoms with Gasteiger partial charge in [0.1, 0.15) is 23.9 Å². The van der Waals surface area contributed by atoms with Gasteiger partial charge in [0.25, 0.3) is 0 Å². The van der Waals surface area contributed by atoms with Crippen molar-refractivity contribution in [3.8, 4) is 11.5 Å². The Morgan fingerprint density at radius 1 is 0.806 bits per heavy atom. The van der Waals surface area contributed by atoms with Crippen molar-refractivity contribution in [3.63, 3.8) is 0 Å². The summed E-state index contributed by atoms with van der Waals surface area (Å²) in [6.45, 7) is 8.33. The number of benzene rings is 3. The molecule has 0 saturated heterocycles. The Labute approximate surface area is 184 Å². The number of para-hydroxylation sites is 3. The van der Waals surface area contributed by atoms with E-state index in [2.05, 4.69) is 67.8 Å². The maximum atomic E-state index is 6.09. The zero-order valence-corrected chi connectivity index (χ0v) is 18.6. The maximum absolute atomic E-state index is 6.09. The third kappa shape index (κ3) is 5.26. The van der Waals surface area contributed by atoms with Crippen molar-refractivity contribution in [2.24, 2.45) is 0 Å². The first kappa shape index (κ1) is 21.0. The summed E-state index contributed by atoms with van der Waals surface area (Å²) in [5.74, 6) is 2.82. The van der Waals surface area contributed by atoms with Crippen LogP contribution in [0.5, 0.6) is 11.5 Å². The molecule has 0 bridgehead atoms. The smallest absolute Gasteiger partial charge is 0.147 e. The van der Waals surface area contributed by atoms with E-state index in [0.29, 0.717) is 13.2 Å². The molecule has 0 atom stereocenters. The standard InChI is InChI=1S/C27H30N2O2/c1-20-16-21(2)18-23(17-20)30-15-9-8-14-29-25-12-6-5-11-24(25)28-27(29)19-31-26-13-7-4-10-22(26)3/h4-7,10-13,16-18H,8-9,14-15,19H2,1-3H3. The molecule has 1 heterocycles. The van der Waals surface area contributed by atoms with Crippen LogP contribution >= 0.6 is 0 Å². The highest BCUT2D eigenvalue weighted by molar-refractivity contribution is 5.75. The monoisotopic (exact) mass is 414 g/mol. The molecule has 4 aromatic rings. The van der Waals surface area contributed by atoms with Gasteiger partial charge in [-0.3, -0.25) is 0 Å². The highest BCUT2D eigenvalue weighted by Crippen LogP contribution is 2.21. The van der Waals surface area contributed by atoms with Crippen LogP contribution in [0.2, 0.25) is 0 Å². The number of hydrogen-bond donors (Lipinski definition) is 0. The number of ether oxygens (including phenoxy) is 2. The molecule has 1 aromatic heterocycles. The SMILES string of the molecule is Cc1cc(C)cc(OCCCCn2c(COc3ccccc3C)nc3ccccc32)c1. The van der Waals surface area contributed by atoms with Crippen LogP contribution in [0.15, 0.2) is 66.7 Å². The van der Waals surface area contributed by atoms with Crippen molar-refractivity contribution < 1.29 is 9.47 Å². The fourth-order valence-electron chi connectivity index (χ4n) is 3.92. The highest BCUT2D eigenvalue weighted by Gasteiger charge is 2.11. The van der Waals surface area contributed by atoms with Crippen molar-refractivity contribution in [1.82, 2.24) is 9.55 Å². The maximum Gasteiger partial charge on any atom is 0.147 e. The summed E-state index contributed by atoms with van der Waals surface area (Å²) < 4.78 is 14.3. The van der Waals surface area contributed by atoms with Gasteiger partial charge in [-0.1, -0.05) is 36.4 Å². The van der Waals surface area contributed by atoms with Crippen LogP contribution in [0.3, 0.4) is 0 Å². The number of rotatable bonds is 9. The van der Waals surface area contributed by atoms with Gasteiger partial charge in [0.05, 0.1) is 17.6 Å². The molecule has 0 unspecified atom stereocenters.